The van der Waals surface area contributed by atoms with E-state index in [9.17, 15) is 13.2 Å². The van der Waals surface area contributed by atoms with Gasteiger partial charge in [-0.25, -0.2) is 18.2 Å². The average Bonchev–Trinajstić information content (AvgIpc) is 3.26. The second kappa shape index (κ2) is 8.23. The number of pyridine rings is 2. The van der Waals surface area contributed by atoms with Crippen molar-refractivity contribution >= 4 is 49.0 Å². The second-order valence-corrected chi connectivity index (χ2v) is 9.71. The predicted molar refractivity (Wildman–Crippen MR) is 129 cm³/mol. The number of sulfone groups is 1. The molecule has 0 aliphatic heterocycles. The zero-order valence-electron chi connectivity index (χ0n) is 18.2. The number of nitrogens with zero attached hydrogens (tertiary/aromatic N) is 3. The summed E-state index contributed by atoms with van der Waals surface area (Å²) in [7, 11) is -1.95. The molecule has 2 aromatic carbocycles. The van der Waals surface area contributed by atoms with Crippen molar-refractivity contribution in [2.75, 3.05) is 18.7 Å². The third-order valence-corrected chi connectivity index (χ3v) is 6.55. The molecule has 0 unspecified atom stereocenters. The summed E-state index contributed by atoms with van der Waals surface area (Å²) in [4.78, 5) is 21.2. The van der Waals surface area contributed by atoms with E-state index >= 15 is 0 Å². The summed E-state index contributed by atoms with van der Waals surface area (Å²) in [5.74, 6) is 0.0816. The number of anilines is 2. The lowest BCUT2D eigenvalue weighted by molar-refractivity contribution is 0.0596. The van der Waals surface area contributed by atoms with Gasteiger partial charge >= 0.3 is 5.97 Å². The van der Waals surface area contributed by atoms with Gasteiger partial charge in [-0.1, -0.05) is 6.07 Å². The monoisotopic (exact) mass is 473 g/mol. The Hall–Kier alpha value is -4.31. The summed E-state index contributed by atoms with van der Waals surface area (Å²) in [6.45, 7) is 0. The molecule has 5 aromatic rings. The molecule has 0 bridgehead atoms. The molecule has 0 saturated carbocycles. The highest BCUT2D eigenvalue weighted by atomic mass is 32.2. The van der Waals surface area contributed by atoms with E-state index in [0.29, 0.717) is 22.4 Å². The van der Waals surface area contributed by atoms with Crippen LogP contribution in [0.3, 0.4) is 0 Å². The molecule has 3 heterocycles. The maximum absolute atomic E-state index is 11.9. The van der Waals surface area contributed by atoms with E-state index in [4.69, 9.17) is 4.74 Å². The Morgan fingerprint density at radius 3 is 2.53 bits per heavy atom. The van der Waals surface area contributed by atoms with Gasteiger partial charge in [-0.05, 0) is 48.5 Å². The van der Waals surface area contributed by atoms with Crippen molar-refractivity contribution in [1.82, 2.24) is 20.2 Å². The van der Waals surface area contributed by atoms with E-state index in [-0.39, 0.29) is 10.6 Å². The van der Waals surface area contributed by atoms with Crippen LogP contribution in [0.5, 0.6) is 0 Å². The molecule has 0 spiro atoms. The predicted octanol–water partition coefficient (Wildman–Crippen LogP) is 4.11. The van der Waals surface area contributed by atoms with Gasteiger partial charge in [-0.3, -0.25) is 10.1 Å². The van der Waals surface area contributed by atoms with Crippen LogP contribution >= 0.6 is 0 Å². The van der Waals surface area contributed by atoms with Crippen molar-refractivity contribution in [3.63, 3.8) is 0 Å². The summed E-state index contributed by atoms with van der Waals surface area (Å²) in [5, 5.41) is 12.6. The van der Waals surface area contributed by atoms with E-state index in [2.05, 4.69) is 25.5 Å². The Balaban J connectivity index is 1.53. The Morgan fingerprint density at radius 2 is 1.79 bits per heavy atom. The van der Waals surface area contributed by atoms with Crippen molar-refractivity contribution in [3.8, 4) is 11.3 Å². The van der Waals surface area contributed by atoms with Gasteiger partial charge < -0.3 is 10.1 Å². The van der Waals surface area contributed by atoms with E-state index in [1.54, 1.807) is 36.7 Å². The number of hydrogen-bond donors (Lipinski definition) is 2. The number of nitrogens with one attached hydrogen (secondary N) is 2. The first kappa shape index (κ1) is 21.5. The fourth-order valence-corrected chi connectivity index (χ4v) is 4.35. The quantitative estimate of drug-likeness (QED) is 0.365. The normalized spacial score (nSPS) is 11.6. The van der Waals surface area contributed by atoms with Gasteiger partial charge in [0.15, 0.2) is 15.5 Å². The third-order valence-electron chi connectivity index (χ3n) is 5.42. The molecule has 3 aromatic heterocycles. The zero-order chi connectivity index (χ0) is 23.9. The molecule has 34 heavy (non-hydrogen) atoms. The molecule has 0 atom stereocenters. The van der Waals surface area contributed by atoms with Crippen LogP contribution in [0.4, 0.5) is 11.5 Å². The first-order valence-corrected chi connectivity index (χ1v) is 12.1. The van der Waals surface area contributed by atoms with Gasteiger partial charge in [-0.15, -0.1) is 0 Å². The Labute approximate surface area is 194 Å². The van der Waals surface area contributed by atoms with Crippen LogP contribution in [0.2, 0.25) is 0 Å². The van der Waals surface area contributed by atoms with Crippen LogP contribution in [0, 0.1) is 0 Å². The molecule has 5 rings (SSSR count). The molecular formula is C24H19N5O4S. The lowest BCUT2D eigenvalue weighted by atomic mass is 10.0. The molecule has 0 amide bonds. The molecule has 0 aliphatic rings. The largest absolute Gasteiger partial charge is 0.464 e. The maximum atomic E-state index is 11.9. The van der Waals surface area contributed by atoms with Gasteiger partial charge in [0, 0.05) is 46.1 Å². The number of methoxy groups -OCH3 is 1. The average molecular weight is 474 g/mol. The van der Waals surface area contributed by atoms with E-state index in [0.717, 1.165) is 22.0 Å². The van der Waals surface area contributed by atoms with Gasteiger partial charge in [0.1, 0.15) is 5.82 Å². The fourth-order valence-electron chi connectivity index (χ4n) is 3.72. The number of H-pyrrole nitrogens is 1. The van der Waals surface area contributed by atoms with E-state index in [1.807, 2.05) is 30.3 Å². The Bertz CT molecular complexity index is 1660. The van der Waals surface area contributed by atoms with E-state index in [1.165, 1.54) is 13.4 Å². The lowest BCUT2D eigenvalue weighted by Crippen LogP contribution is -2.01. The first-order valence-electron chi connectivity index (χ1n) is 10.2. The molecule has 10 heteroatoms. The van der Waals surface area contributed by atoms with Gasteiger partial charge in [-0.2, -0.15) is 5.10 Å². The summed E-state index contributed by atoms with van der Waals surface area (Å²) in [6.07, 6.45) is 4.64. The van der Waals surface area contributed by atoms with Gasteiger partial charge in [0.2, 0.25) is 0 Å². The fraction of sp³-hybridized carbons (Fsp3) is 0.0833. The molecule has 0 radical (unpaired) electrons. The first-order chi connectivity index (χ1) is 16.3. The summed E-state index contributed by atoms with van der Waals surface area (Å²) in [5.41, 5.74) is 3.21. The van der Waals surface area contributed by atoms with Crippen LogP contribution in [-0.4, -0.2) is 47.9 Å². The highest BCUT2D eigenvalue weighted by Crippen LogP contribution is 2.31. The molecule has 2 N–H and O–H groups in total. The number of aromatic nitrogens is 4. The van der Waals surface area contributed by atoms with Crippen LogP contribution < -0.4 is 5.32 Å². The number of benzene rings is 2. The van der Waals surface area contributed by atoms with Crippen LogP contribution in [-0.2, 0) is 14.6 Å². The number of hydrogen-bond acceptors (Lipinski definition) is 8. The number of esters is 1. The number of carbonyl (C=O) groups excluding carboxylic acids is 1. The van der Waals surface area contributed by atoms with Crippen LogP contribution in [0.1, 0.15) is 10.5 Å². The van der Waals surface area contributed by atoms with Crippen molar-refractivity contribution in [2.45, 2.75) is 4.90 Å². The molecule has 0 fully saturated rings. The lowest BCUT2D eigenvalue weighted by Gasteiger charge is -2.10. The Kier molecular flexibility index (Phi) is 5.21. The Morgan fingerprint density at radius 1 is 1.00 bits per heavy atom. The number of carbonyl (C=O) groups is 1. The number of ether oxygens (including phenoxy) is 1. The molecular weight excluding hydrogens is 454 g/mol. The molecule has 9 nitrogen and oxygen atoms in total. The topological polar surface area (TPSA) is 127 Å². The summed E-state index contributed by atoms with van der Waals surface area (Å²) >= 11 is 0. The van der Waals surface area contributed by atoms with Crippen molar-refractivity contribution in [1.29, 1.82) is 0 Å². The minimum Gasteiger partial charge on any atom is -0.464 e. The van der Waals surface area contributed by atoms with Crippen molar-refractivity contribution < 1.29 is 17.9 Å². The van der Waals surface area contributed by atoms with Gasteiger partial charge in [0.05, 0.1) is 23.2 Å². The SMILES string of the molecule is COC(=O)c1n[nH]c2cc(-c3nccc4cnc(Nc5ccc(S(C)(=O)=O)cc5)cc34)ccc12. The highest BCUT2D eigenvalue weighted by molar-refractivity contribution is 7.90. The molecule has 170 valence electrons. The number of aromatic amines is 1. The standard InChI is InChI=1S/C24H19N5O4S/c1-33-24(30)23-18-8-3-14(11-20(18)28-29-23)22-19-12-21(26-13-15(19)9-10-25-22)27-16-4-6-17(7-5-16)34(2,31)32/h3-13H,1-2H3,(H,26,27)(H,28,29). The minimum absolute atomic E-state index is 0.229. The summed E-state index contributed by atoms with van der Waals surface area (Å²) in [6, 6.07) is 15.8. The van der Waals surface area contributed by atoms with Crippen LogP contribution in [0.15, 0.2) is 71.9 Å². The number of rotatable bonds is 5. The third kappa shape index (κ3) is 3.95. The van der Waals surface area contributed by atoms with E-state index < -0.39 is 15.8 Å². The van der Waals surface area contributed by atoms with Crippen molar-refractivity contribution in [3.05, 3.63) is 72.7 Å². The highest BCUT2D eigenvalue weighted by Gasteiger charge is 2.16. The number of fused-ring (bicyclic) bond motifs is 2. The van der Waals surface area contributed by atoms with Crippen LogP contribution in [0.25, 0.3) is 32.9 Å². The van der Waals surface area contributed by atoms with Crippen molar-refractivity contribution in [2.24, 2.45) is 0 Å². The molecule has 0 aliphatic carbocycles. The second-order valence-electron chi connectivity index (χ2n) is 7.70. The maximum Gasteiger partial charge on any atom is 0.359 e. The minimum atomic E-state index is -3.26. The zero-order valence-corrected chi connectivity index (χ0v) is 19.1. The van der Waals surface area contributed by atoms with Gasteiger partial charge in [0.25, 0.3) is 0 Å². The molecule has 0 saturated heterocycles. The smallest absolute Gasteiger partial charge is 0.359 e. The summed E-state index contributed by atoms with van der Waals surface area (Å²) < 4.78 is 28.2.